The van der Waals surface area contributed by atoms with Crippen LogP contribution in [-0.2, 0) is 19.1 Å². The molecule has 0 fully saturated rings. The van der Waals surface area contributed by atoms with Gasteiger partial charge in [-0.15, -0.1) is 0 Å². The summed E-state index contributed by atoms with van der Waals surface area (Å²) in [5.41, 5.74) is -2.52. The van der Waals surface area contributed by atoms with Gasteiger partial charge in [-0.3, -0.25) is 0 Å². The van der Waals surface area contributed by atoms with Crippen molar-refractivity contribution in [1.29, 1.82) is 0 Å². The zero-order chi connectivity index (χ0) is 17.1. The van der Waals surface area contributed by atoms with Crippen molar-refractivity contribution in [3.63, 3.8) is 0 Å². The maximum atomic E-state index is 13.3. The molecule has 1 unspecified atom stereocenters. The molecule has 0 saturated heterocycles. The average Bonchev–Trinajstić information content (AvgIpc) is 2.29. The van der Waals surface area contributed by atoms with Crippen LogP contribution in [0.3, 0.4) is 0 Å². The molecule has 0 aliphatic carbocycles. The van der Waals surface area contributed by atoms with Crippen LogP contribution in [0.1, 0.15) is 20.3 Å². The Hall–Kier alpha value is -1.55. The van der Waals surface area contributed by atoms with Gasteiger partial charge in [0.25, 0.3) is 6.10 Å². The molecule has 0 radical (unpaired) electrons. The van der Waals surface area contributed by atoms with E-state index >= 15 is 0 Å². The van der Waals surface area contributed by atoms with Gasteiger partial charge in [-0.25, -0.2) is 14.0 Å². The van der Waals surface area contributed by atoms with Crippen LogP contribution in [0.5, 0.6) is 0 Å². The highest BCUT2D eigenvalue weighted by molar-refractivity contribution is 5.81. The van der Waals surface area contributed by atoms with E-state index in [0.29, 0.717) is 0 Å². The summed E-state index contributed by atoms with van der Waals surface area (Å²) >= 11 is 0. The van der Waals surface area contributed by atoms with E-state index in [0.717, 1.165) is 6.92 Å². The fourth-order valence-electron chi connectivity index (χ4n) is 0.904. The van der Waals surface area contributed by atoms with Crippen LogP contribution in [0.15, 0.2) is 0 Å². The molecule has 0 aromatic heterocycles. The summed E-state index contributed by atoms with van der Waals surface area (Å²) in [6.45, 7) is 0.443. The van der Waals surface area contributed by atoms with E-state index in [1.54, 1.807) is 0 Å². The average molecular weight is 328 g/mol. The Balaban J connectivity index is 4.66. The number of hydrogen-bond donors (Lipinski definition) is 0. The van der Waals surface area contributed by atoms with Crippen LogP contribution in [0, 0.1) is 0 Å². The molecule has 11 heteroatoms. The third-order valence-electron chi connectivity index (χ3n) is 2.25. The molecule has 0 heterocycles. The minimum atomic E-state index is -5.88. The third-order valence-corrected chi connectivity index (χ3v) is 2.25. The minimum absolute atomic E-state index is 0.366. The van der Waals surface area contributed by atoms with E-state index in [1.165, 1.54) is 6.92 Å². The Kier molecular flexibility index (Phi) is 6.00. The van der Waals surface area contributed by atoms with Gasteiger partial charge < -0.3 is 9.47 Å². The third kappa shape index (κ3) is 6.17. The first-order valence-electron chi connectivity index (χ1n) is 5.41. The van der Waals surface area contributed by atoms with E-state index < -0.39 is 42.7 Å². The zero-order valence-electron chi connectivity index (χ0n) is 10.8. The number of ether oxygens (including phenoxy) is 2. The Morgan fingerprint density at radius 3 is 1.76 bits per heavy atom. The van der Waals surface area contributed by atoms with Gasteiger partial charge in [-0.1, -0.05) is 6.92 Å². The van der Waals surface area contributed by atoms with Crippen molar-refractivity contribution in [2.24, 2.45) is 0 Å². The maximum Gasteiger partial charge on any atom is 0.434 e. The van der Waals surface area contributed by atoms with Crippen molar-refractivity contribution in [3.8, 4) is 0 Å². The fraction of sp³-hybridized carbons (Fsp3) is 0.800. The zero-order valence-corrected chi connectivity index (χ0v) is 10.8. The summed E-state index contributed by atoms with van der Waals surface area (Å²) in [6.07, 6.45) is -16.5. The van der Waals surface area contributed by atoms with Crippen molar-refractivity contribution in [3.05, 3.63) is 0 Å². The Morgan fingerprint density at radius 2 is 1.43 bits per heavy atom. The fourth-order valence-corrected chi connectivity index (χ4v) is 0.904. The lowest BCUT2D eigenvalue weighted by atomic mass is 10.1. The monoisotopic (exact) mass is 328 g/mol. The number of carbonyl (C=O) groups excluding carboxylic acids is 2. The number of hydrogen-bond acceptors (Lipinski definition) is 4. The lowest BCUT2D eigenvalue weighted by Gasteiger charge is -2.23. The summed E-state index contributed by atoms with van der Waals surface area (Å²) in [7, 11) is 0. The molecule has 0 aliphatic rings. The molecule has 0 bridgehead atoms. The van der Waals surface area contributed by atoms with E-state index in [2.05, 4.69) is 9.47 Å². The summed E-state index contributed by atoms with van der Waals surface area (Å²) in [5.74, 6) is -3.70. The SMILES string of the molecule is CCC(C)(F)C(=O)OCC(=O)OC(C(F)(F)F)C(F)(F)F. The van der Waals surface area contributed by atoms with Crippen molar-refractivity contribution >= 4 is 11.9 Å². The molecule has 0 aromatic rings. The highest BCUT2D eigenvalue weighted by Gasteiger charge is 2.59. The number of alkyl halides is 7. The normalized spacial score (nSPS) is 15.5. The van der Waals surface area contributed by atoms with Crippen LogP contribution in [0.2, 0.25) is 0 Å². The molecular formula is C10H11F7O4. The molecule has 124 valence electrons. The Bertz CT molecular complexity index is 372. The second kappa shape index (κ2) is 6.48. The molecule has 1 atom stereocenters. The summed E-state index contributed by atoms with van der Waals surface area (Å²) in [5, 5.41) is 0. The Labute approximate surface area is 114 Å². The molecule has 0 aliphatic heterocycles. The molecule has 0 aromatic carbocycles. The van der Waals surface area contributed by atoms with Crippen LogP contribution < -0.4 is 0 Å². The summed E-state index contributed by atoms with van der Waals surface area (Å²) < 4.78 is 92.8. The minimum Gasteiger partial charge on any atom is -0.451 e. The van der Waals surface area contributed by atoms with E-state index in [-0.39, 0.29) is 6.42 Å². The van der Waals surface area contributed by atoms with Crippen LogP contribution in [0.4, 0.5) is 30.7 Å². The van der Waals surface area contributed by atoms with Crippen molar-refractivity contribution in [2.45, 2.75) is 44.4 Å². The largest absolute Gasteiger partial charge is 0.451 e. The van der Waals surface area contributed by atoms with Crippen LogP contribution in [-0.4, -0.2) is 42.7 Å². The number of carbonyl (C=O) groups is 2. The second-order valence-corrected chi connectivity index (χ2v) is 4.08. The highest BCUT2D eigenvalue weighted by Crippen LogP contribution is 2.35. The number of rotatable bonds is 5. The molecular weight excluding hydrogens is 317 g/mol. The maximum absolute atomic E-state index is 13.3. The summed E-state index contributed by atoms with van der Waals surface area (Å²) in [4.78, 5) is 21.9. The molecule has 0 amide bonds. The number of esters is 2. The van der Waals surface area contributed by atoms with Gasteiger partial charge in [0.1, 0.15) is 0 Å². The van der Waals surface area contributed by atoms with Crippen LogP contribution in [0.25, 0.3) is 0 Å². The molecule has 21 heavy (non-hydrogen) atoms. The number of halogens is 7. The summed E-state index contributed by atoms with van der Waals surface area (Å²) in [6, 6.07) is 0. The van der Waals surface area contributed by atoms with Gasteiger partial charge in [0, 0.05) is 0 Å². The van der Waals surface area contributed by atoms with E-state index in [1.807, 2.05) is 0 Å². The van der Waals surface area contributed by atoms with Crippen molar-refractivity contribution in [2.75, 3.05) is 6.61 Å². The second-order valence-electron chi connectivity index (χ2n) is 4.08. The first kappa shape index (κ1) is 19.4. The standard InChI is InChI=1S/C10H11F7O4/c1-3-8(2,11)7(19)20-4-5(18)21-6(9(12,13)14)10(15,16)17/h6H,3-4H2,1-2H3. The molecule has 4 nitrogen and oxygen atoms in total. The lowest BCUT2D eigenvalue weighted by Crippen LogP contribution is -2.46. The molecule has 0 spiro atoms. The quantitative estimate of drug-likeness (QED) is 0.575. The Morgan fingerprint density at radius 1 is 1.00 bits per heavy atom. The molecule has 0 saturated carbocycles. The van der Waals surface area contributed by atoms with Gasteiger partial charge in [-0.05, 0) is 13.3 Å². The van der Waals surface area contributed by atoms with Gasteiger partial charge in [-0.2, -0.15) is 26.3 Å². The van der Waals surface area contributed by atoms with Gasteiger partial charge in [0.2, 0.25) is 5.67 Å². The van der Waals surface area contributed by atoms with Crippen LogP contribution >= 0.6 is 0 Å². The molecule has 0 N–H and O–H groups in total. The predicted octanol–water partition coefficient (Wildman–Crippen LogP) is 2.70. The highest BCUT2D eigenvalue weighted by atomic mass is 19.4. The van der Waals surface area contributed by atoms with Gasteiger partial charge >= 0.3 is 24.3 Å². The van der Waals surface area contributed by atoms with Crippen molar-refractivity contribution in [1.82, 2.24) is 0 Å². The molecule has 0 rings (SSSR count). The smallest absolute Gasteiger partial charge is 0.434 e. The van der Waals surface area contributed by atoms with Gasteiger partial charge in [0.05, 0.1) is 0 Å². The van der Waals surface area contributed by atoms with E-state index in [9.17, 15) is 40.3 Å². The first-order valence-corrected chi connectivity index (χ1v) is 5.41. The van der Waals surface area contributed by atoms with Gasteiger partial charge in [0.15, 0.2) is 6.61 Å². The predicted molar refractivity (Wildman–Crippen MR) is 52.8 cm³/mol. The van der Waals surface area contributed by atoms with E-state index in [4.69, 9.17) is 0 Å². The topological polar surface area (TPSA) is 52.6 Å². The first-order chi connectivity index (χ1) is 9.21. The lowest BCUT2D eigenvalue weighted by molar-refractivity contribution is -0.313. The van der Waals surface area contributed by atoms with Crippen molar-refractivity contribution < 1.29 is 49.8 Å².